The number of halogens is 1. The molecule has 0 atom stereocenters. The van der Waals surface area contributed by atoms with Crippen LogP contribution in [0.3, 0.4) is 0 Å². The minimum atomic E-state index is 0.692. The Labute approximate surface area is 110 Å². The first-order valence-corrected chi connectivity index (χ1v) is 6.12. The summed E-state index contributed by atoms with van der Waals surface area (Å²) in [7, 11) is 0. The van der Waals surface area contributed by atoms with Crippen LogP contribution in [-0.4, -0.2) is 15.0 Å². The molecule has 18 heavy (non-hydrogen) atoms. The van der Waals surface area contributed by atoms with Gasteiger partial charge in [-0.15, -0.1) is 5.10 Å². The summed E-state index contributed by atoms with van der Waals surface area (Å²) in [6, 6.07) is 11.8. The third-order valence-corrected chi connectivity index (χ3v) is 3.29. The van der Waals surface area contributed by atoms with Gasteiger partial charge >= 0.3 is 0 Å². The van der Waals surface area contributed by atoms with Crippen molar-refractivity contribution in [3.8, 4) is 5.69 Å². The van der Waals surface area contributed by atoms with Crippen LogP contribution in [0.15, 0.2) is 36.4 Å². The number of hydrogen-bond acceptors (Lipinski definition) is 2. The van der Waals surface area contributed by atoms with E-state index in [0.717, 1.165) is 16.7 Å². The molecule has 0 unspecified atom stereocenters. The minimum Gasteiger partial charge on any atom is -0.212 e. The van der Waals surface area contributed by atoms with Crippen molar-refractivity contribution in [1.82, 2.24) is 15.0 Å². The van der Waals surface area contributed by atoms with Crippen LogP contribution in [0.5, 0.6) is 0 Å². The smallest absolute Gasteiger partial charge is 0.113 e. The largest absolute Gasteiger partial charge is 0.212 e. The molecule has 1 heterocycles. The van der Waals surface area contributed by atoms with E-state index >= 15 is 0 Å². The summed E-state index contributed by atoms with van der Waals surface area (Å²) in [6.07, 6.45) is 0. The maximum Gasteiger partial charge on any atom is 0.113 e. The molecular formula is C14H12ClN3. The average molecular weight is 258 g/mol. The number of hydrogen-bond donors (Lipinski definition) is 0. The molecule has 0 saturated carbocycles. The van der Waals surface area contributed by atoms with E-state index in [-0.39, 0.29) is 0 Å². The first-order chi connectivity index (χ1) is 8.66. The third kappa shape index (κ3) is 1.68. The van der Waals surface area contributed by atoms with Crippen molar-refractivity contribution in [1.29, 1.82) is 0 Å². The Morgan fingerprint density at radius 2 is 1.78 bits per heavy atom. The Morgan fingerprint density at radius 1 is 1.06 bits per heavy atom. The molecule has 3 nitrogen and oxygen atoms in total. The molecule has 0 amide bonds. The summed E-state index contributed by atoms with van der Waals surface area (Å²) >= 11 is 6.05. The second-order valence-electron chi connectivity index (χ2n) is 4.37. The molecule has 4 heteroatoms. The van der Waals surface area contributed by atoms with Gasteiger partial charge in [-0.3, -0.25) is 0 Å². The number of fused-ring (bicyclic) bond motifs is 1. The lowest BCUT2D eigenvalue weighted by Gasteiger charge is -2.09. The second-order valence-corrected chi connectivity index (χ2v) is 4.81. The average Bonchev–Trinajstić information content (AvgIpc) is 2.72. The summed E-state index contributed by atoms with van der Waals surface area (Å²) in [6.45, 7) is 4.14. The molecule has 0 aliphatic rings. The minimum absolute atomic E-state index is 0.692. The zero-order chi connectivity index (χ0) is 12.7. The number of nitrogens with zero attached hydrogens (tertiary/aromatic N) is 3. The van der Waals surface area contributed by atoms with E-state index in [1.807, 2.05) is 28.9 Å². The van der Waals surface area contributed by atoms with E-state index in [9.17, 15) is 0 Å². The summed E-state index contributed by atoms with van der Waals surface area (Å²) in [5.74, 6) is 0. The Balaban J connectivity index is 2.35. The van der Waals surface area contributed by atoms with Gasteiger partial charge in [-0.2, -0.15) is 0 Å². The number of para-hydroxylation sites is 1. The number of aryl methyl sites for hydroxylation is 2. The van der Waals surface area contributed by atoms with Gasteiger partial charge in [0.1, 0.15) is 5.52 Å². The van der Waals surface area contributed by atoms with Crippen LogP contribution < -0.4 is 0 Å². The number of benzene rings is 2. The van der Waals surface area contributed by atoms with E-state index < -0.39 is 0 Å². The molecule has 0 saturated heterocycles. The Bertz CT molecular complexity index is 711. The highest BCUT2D eigenvalue weighted by atomic mass is 35.5. The van der Waals surface area contributed by atoms with E-state index in [0.29, 0.717) is 5.02 Å². The summed E-state index contributed by atoms with van der Waals surface area (Å²) < 4.78 is 1.85. The standard InChI is InChI=1S/C14H12ClN3/c1-9-4-3-5-10(2)14(9)18-13-8-11(15)6-7-12(13)16-17-18/h3-8H,1-2H3. The quantitative estimate of drug-likeness (QED) is 0.666. The maximum atomic E-state index is 6.05. The van der Waals surface area contributed by atoms with Crippen LogP contribution in [0.1, 0.15) is 11.1 Å². The third-order valence-electron chi connectivity index (χ3n) is 3.06. The van der Waals surface area contributed by atoms with Crippen LogP contribution in [0, 0.1) is 13.8 Å². The molecule has 3 rings (SSSR count). The highest BCUT2D eigenvalue weighted by Gasteiger charge is 2.11. The second kappa shape index (κ2) is 4.10. The molecule has 0 aliphatic heterocycles. The van der Waals surface area contributed by atoms with Crippen molar-refractivity contribution >= 4 is 22.6 Å². The van der Waals surface area contributed by atoms with Gasteiger partial charge in [0.05, 0.1) is 11.2 Å². The molecule has 3 aromatic rings. The molecule has 2 aromatic carbocycles. The summed E-state index contributed by atoms with van der Waals surface area (Å²) in [4.78, 5) is 0. The molecule has 0 radical (unpaired) electrons. The van der Waals surface area contributed by atoms with Crippen LogP contribution >= 0.6 is 11.6 Å². The first kappa shape index (κ1) is 11.2. The fourth-order valence-corrected chi connectivity index (χ4v) is 2.36. The van der Waals surface area contributed by atoms with Crippen molar-refractivity contribution in [2.75, 3.05) is 0 Å². The lowest BCUT2D eigenvalue weighted by Crippen LogP contribution is -2.01. The summed E-state index contributed by atoms with van der Waals surface area (Å²) in [5, 5.41) is 9.10. The van der Waals surface area contributed by atoms with Crippen LogP contribution in [-0.2, 0) is 0 Å². The fourth-order valence-electron chi connectivity index (χ4n) is 2.20. The maximum absolute atomic E-state index is 6.05. The van der Waals surface area contributed by atoms with Gasteiger partial charge in [-0.1, -0.05) is 35.0 Å². The normalized spacial score (nSPS) is 11.1. The van der Waals surface area contributed by atoms with Gasteiger partial charge in [0.25, 0.3) is 0 Å². The van der Waals surface area contributed by atoms with Gasteiger partial charge in [0.15, 0.2) is 0 Å². The van der Waals surface area contributed by atoms with Crippen molar-refractivity contribution in [3.05, 3.63) is 52.5 Å². The van der Waals surface area contributed by atoms with Gasteiger partial charge in [0.2, 0.25) is 0 Å². The zero-order valence-corrected chi connectivity index (χ0v) is 10.9. The topological polar surface area (TPSA) is 30.7 Å². The zero-order valence-electron chi connectivity index (χ0n) is 10.2. The molecule has 1 aromatic heterocycles. The molecule has 0 aliphatic carbocycles. The molecule has 0 fully saturated rings. The Kier molecular flexibility index (Phi) is 2.56. The van der Waals surface area contributed by atoms with Crippen LogP contribution in [0.25, 0.3) is 16.7 Å². The fraction of sp³-hybridized carbons (Fsp3) is 0.143. The molecule has 0 bridgehead atoms. The monoisotopic (exact) mass is 257 g/mol. The Hall–Kier alpha value is -1.87. The highest BCUT2D eigenvalue weighted by Crippen LogP contribution is 2.24. The summed E-state index contributed by atoms with van der Waals surface area (Å²) in [5.41, 5.74) is 5.19. The number of rotatable bonds is 1. The van der Waals surface area contributed by atoms with Gasteiger partial charge < -0.3 is 0 Å². The van der Waals surface area contributed by atoms with E-state index in [2.05, 4.69) is 36.3 Å². The Morgan fingerprint density at radius 3 is 2.50 bits per heavy atom. The van der Waals surface area contributed by atoms with E-state index in [1.165, 1.54) is 11.1 Å². The lowest BCUT2D eigenvalue weighted by atomic mass is 10.1. The van der Waals surface area contributed by atoms with Gasteiger partial charge in [-0.05, 0) is 43.2 Å². The predicted molar refractivity (Wildman–Crippen MR) is 73.3 cm³/mol. The van der Waals surface area contributed by atoms with Crippen molar-refractivity contribution in [2.45, 2.75) is 13.8 Å². The van der Waals surface area contributed by atoms with Crippen LogP contribution in [0.2, 0.25) is 5.02 Å². The SMILES string of the molecule is Cc1cccc(C)c1-n1nnc2ccc(Cl)cc21. The molecule has 0 spiro atoms. The van der Waals surface area contributed by atoms with Gasteiger partial charge in [0, 0.05) is 5.02 Å². The lowest BCUT2D eigenvalue weighted by molar-refractivity contribution is 0.814. The number of aromatic nitrogens is 3. The predicted octanol–water partition coefficient (Wildman–Crippen LogP) is 3.69. The first-order valence-electron chi connectivity index (χ1n) is 5.74. The molecular weight excluding hydrogens is 246 g/mol. The van der Waals surface area contributed by atoms with Crippen molar-refractivity contribution in [2.24, 2.45) is 0 Å². The van der Waals surface area contributed by atoms with Crippen molar-refractivity contribution < 1.29 is 0 Å². The molecule has 90 valence electrons. The van der Waals surface area contributed by atoms with Crippen molar-refractivity contribution in [3.63, 3.8) is 0 Å². The molecule has 0 N–H and O–H groups in total. The van der Waals surface area contributed by atoms with Gasteiger partial charge in [-0.25, -0.2) is 4.68 Å². The van der Waals surface area contributed by atoms with E-state index in [4.69, 9.17) is 11.6 Å². The van der Waals surface area contributed by atoms with E-state index in [1.54, 1.807) is 0 Å². The highest BCUT2D eigenvalue weighted by molar-refractivity contribution is 6.31. The van der Waals surface area contributed by atoms with Crippen LogP contribution in [0.4, 0.5) is 0 Å².